The smallest absolute Gasteiger partial charge is 0.331 e. The van der Waals surface area contributed by atoms with E-state index >= 15 is 0 Å². The molecule has 7 heteroatoms. The summed E-state index contributed by atoms with van der Waals surface area (Å²) in [6.45, 7) is 4.03. The molecule has 0 spiro atoms. The van der Waals surface area contributed by atoms with Gasteiger partial charge in [0, 0.05) is 6.54 Å². The predicted molar refractivity (Wildman–Crippen MR) is 77.7 cm³/mol. The highest BCUT2D eigenvalue weighted by Crippen LogP contribution is 2.21. The van der Waals surface area contributed by atoms with Gasteiger partial charge >= 0.3 is 5.97 Å². The molecule has 1 heterocycles. The van der Waals surface area contributed by atoms with Gasteiger partial charge in [0.25, 0.3) is 0 Å². The molecule has 0 radical (unpaired) electrons. The normalized spacial score (nSPS) is 24.4. The van der Waals surface area contributed by atoms with Crippen molar-refractivity contribution in [2.24, 2.45) is 5.73 Å². The largest absolute Gasteiger partial charge is 0.467 e. The molecular weight excluding hydrogens is 284 g/mol. The van der Waals surface area contributed by atoms with Crippen molar-refractivity contribution in [3.63, 3.8) is 0 Å². The van der Waals surface area contributed by atoms with Crippen LogP contribution in [0.25, 0.3) is 0 Å². The van der Waals surface area contributed by atoms with Gasteiger partial charge in [-0.3, -0.25) is 4.79 Å². The first-order valence-electron chi connectivity index (χ1n) is 6.72. The number of hydrogen-bond acceptors (Lipinski definition) is 5. The fraction of sp³-hybridized carbons (Fsp3) is 0.846. The van der Waals surface area contributed by atoms with Crippen LogP contribution < -0.4 is 11.1 Å². The van der Waals surface area contributed by atoms with Crippen LogP contribution >= 0.6 is 12.4 Å². The Kier molecular flexibility index (Phi) is 8.08. The van der Waals surface area contributed by atoms with Crippen molar-refractivity contribution in [2.45, 2.75) is 57.3 Å². The van der Waals surface area contributed by atoms with Gasteiger partial charge in [0.15, 0.2) is 0 Å². The molecule has 1 aliphatic heterocycles. The zero-order chi connectivity index (χ0) is 14.5. The average Bonchev–Trinajstić information content (AvgIpc) is 2.86. The van der Waals surface area contributed by atoms with E-state index in [9.17, 15) is 9.59 Å². The summed E-state index contributed by atoms with van der Waals surface area (Å²) in [4.78, 5) is 23.9. The second-order valence-electron chi connectivity index (χ2n) is 5.12. The molecule has 1 rings (SSSR count). The molecule has 3 N–H and O–H groups in total. The van der Waals surface area contributed by atoms with Crippen molar-refractivity contribution in [3.05, 3.63) is 0 Å². The van der Waals surface area contributed by atoms with Crippen molar-refractivity contribution in [1.29, 1.82) is 0 Å². The van der Waals surface area contributed by atoms with Gasteiger partial charge in [-0.05, 0) is 26.2 Å². The number of hydrogen-bond donors (Lipinski definition) is 2. The van der Waals surface area contributed by atoms with Crippen LogP contribution in [0.4, 0.5) is 0 Å². The molecule has 1 saturated heterocycles. The predicted octanol–water partition coefficient (Wildman–Crippen LogP) is 0.762. The zero-order valence-electron chi connectivity index (χ0n) is 12.3. The summed E-state index contributed by atoms with van der Waals surface area (Å²) in [7, 11) is 1.32. The molecule has 3 atom stereocenters. The van der Waals surface area contributed by atoms with Crippen LogP contribution in [0.1, 0.15) is 39.5 Å². The highest BCUT2D eigenvalue weighted by molar-refractivity contribution is 5.89. The van der Waals surface area contributed by atoms with E-state index in [4.69, 9.17) is 15.2 Å². The van der Waals surface area contributed by atoms with E-state index in [1.165, 1.54) is 7.11 Å². The molecule has 0 aromatic carbocycles. The highest BCUT2D eigenvalue weighted by Gasteiger charge is 2.39. The lowest BCUT2D eigenvalue weighted by atomic mass is 9.95. The first kappa shape index (κ1) is 19.1. The number of amides is 1. The van der Waals surface area contributed by atoms with Crippen LogP contribution in [-0.4, -0.2) is 43.3 Å². The lowest BCUT2D eigenvalue weighted by Crippen LogP contribution is -2.55. The van der Waals surface area contributed by atoms with Crippen molar-refractivity contribution < 1.29 is 19.1 Å². The van der Waals surface area contributed by atoms with Crippen LogP contribution in [0.3, 0.4) is 0 Å². The van der Waals surface area contributed by atoms with Gasteiger partial charge < -0.3 is 20.5 Å². The third-order valence-electron chi connectivity index (χ3n) is 3.45. The molecule has 1 fully saturated rings. The van der Waals surface area contributed by atoms with Crippen molar-refractivity contribution >= 4 is 24.3 Å². The van der Waals surface area contributed by atoms with E-state index in [-0.39, 0.29) is 24.4 Å². The number of carbonyl (C=O) groups excluding carboxylic acids is 2. The zero-order valence-corrected chi connectivity index (χ0v) is 13.1. The maximum atomic E-state index is 12.1. The van der Waals surface area contributed by atoms with Crippen LogP contribution in [-0.2, 0) is 19.1 Å². The standard InChI is InChI=1S/C13H24N2O4.ClH/c1-4-7-13(2,12(17)18-3)15-11(16)10-6-5-9(8-14)19-10;/h9-10H,4-8,14H2,1-3H3,(H,15,16);1H/t9-,10+,13?;/m1./s1. The van der Waals surface area contributed by atoms with Crippen molar-refractivity contribution in [3.8, 4) is 0 Å². The molecule has 0 aliphatic carbocycles. The Balaban J connectivity index is 0.00000361. The lowest BCUT2D eigenvalue weighted by Gasteiger charge is -2.28. The molecule has 20 heavy (non-hydrogen) atoms. The fourth-order valence-corrected chi connectivity index (χ4v) is 2.37. The molecule has 6 nitrogen and oxygen atoms in total. The molecule has 0 saturated carbocycles. The van der Waals surface area contributed by atoms with Crippen molar-refractivity contribution in [2.75, 3.05) is 13.7 Å². The summed E-state index contributed by atoms with van der Waals surface area (Å²) in [5, 5.41) is 2.75. The average molecular weight is 309 g/mol. The molecule has 1 unspecified atom stereocenters. The van der Waals surface area contributed by atoms with E-state index in [0.717, 1.165) is 12.8 Å². The lowest BCUT2D eigenvalue weighted by molar-refractivity contribution is -0.152. The van der Waals surface area contributed by atoms with Crippen molar-refractivity contribution in [1.82, 2.24) is 5.32 Å². The molecule has 1 aliphatic rings. The van der Waals surface area contributed by atoms with Gasteiger partial charge in [0.05, 0.1) is 13.2 Å². The quantitative estimate of drug-likeness (QED) is 0.707. The van der Waals surface area contributed by atoms with E-state index < -0.39 is 17.6 Å². The number of nitrogens with one attached hydrogen (secondary N) is 1. The molecular formula is C13H25ClN2O4. The summed E-state index contributed by atoms with van der Waals surface area (Å²) < 4.78 is 10.3. The topological polar surface area (TPSA) is 90.7 Å². The van der Waals surface area contributed by atoms with Gasteiger partial charge in [-0.15, -0.1) is 12.4 Å². The van der Waals surface area contributed by atoms with Gasteiger partial charge in [0.2, 0.25) is 5.91 Å². The summed E-state index contributed by atoms with van der Waals surface area (Å²) in [5.41, 5.74) is 4.51. The number of methoxy groups -OCH3 is 1. The maximum absolute atomic E-state index is 12.1. The Bertz CT molecular complexity index is 340. The van der Waals surface area contributed by atoms with Crippen LogP contribution in [0.2, 0.25) is 0 Å². The molecule has 0 aromatic heterocycles. The Labute approximate surface area is 126 Å². The van der Waals surface area contributed by atoms with E-state index in [1.54, 1.807) is 6.92 Å². The van der Waals surface area contributed by atoms with Crippen LogP contribution in [0.5, 0.6) is 0 Å². The number of nitrogens with two attached hydrogens (primary N) is 1. The van der Waals surface area contributed by atoms with E-state index in [1.807, 2.05) is 6.92 Å². The minimum Gasteiger partial charge on any atom is -0.467 e. The fourth-order valence-electron chi connectivity index (χ4n) is 2.37. The molecule has 1 amide bonds. The van der Waals surface area contributed by atoms with Gasteiger partial charge in [-0.25, -0.2) is 4.79 Å². The summed E-state index contributed by atoms with van der Waals surface area (Å²) >= 11 is 0. The van der Waals surface area contributed by atoms with Gasteiger partial charge in [0.1, 0.15) is 11.6 Å². The summed E-state index contributed by atoms with van der Waals surface area (Å²) in [6.07, 6.45) is 2.12. The second kappa shape index (κ2) is 8.44. The minimum absolute atomic E-state index is 0. The van der Waals surface area contributed by atoms with E-state index in [2.05, 4.69) is 5.32 Å². The first-order valence-corrected chi connectivity index (χ1v) is 6.72. The van der Waals surface area contributed by atoms with Crippen LogP contribution in [0, 0.1) is 0 Å². The summed E-state index contributed by atoms with van der Waals surface area (Å²) in [5.74, 6) is -0.701. The van der Waals surface area contributed by atoms with Crippen LogP contribution in [0.15, 0.2) is 0 Å². The maximum Gasteiger partial charge on any atom is 0.331 e. The third kappa shape index (κ3) is 4.61. The number of rotatable bonds is 6. The molecule has 0 aromatic rings. The summed E-state index contributed by atoms with van der Waals surface area (Å²) in [6, 6.07) is 0. The Morgan fingerprint density at radius 3 is 2.55 bits per heavy atom. The number of halogens is 1. The SMILES string of the molecule is CCCC(C)(NC(=O)[C@@H]1CC[C@H](CN)O1)C(=O)OC.Cl. The van der Waals surface area contributed by atoms with Gasteiger partial charge in [-0.2, -0.15) is 0 Å². The van der Waals surface area contributed by atoms with E-state index in [0.29, 0.717) is 19.4 Å². The third-order valence-corrected chi connectivity index (χ3v) is 3.45. The molecule has 0 bridgehead atoms. The number of esters is 1. The number of ether oxygens (including phenoxy) is 2. The Hall–Kier alpha value is -0.850. The number of carbonyl (C=O) groups is 2. The Morgan fingerprint density at radius 2 is 2.10 bits per heavy atom. The first-order chi connectivity index (χ1) is 8.96. The highest BCUT2D eigenvalue weighted by atomic mass is 35.5. The van der Waals surface area contributed by atoms with Gasteiger partial charge in [-0.1, -0.05) is 13.3 Å². The minimum atomic E-state index is -0.995. The Morgan fingerprint density at radius 1 is 1.45 bits per heavy atom. The second-order valence-corrected chi connectivity index (χ2v) is 5.12. The monoisotopic (exact) mass is 308 g/mol. The molecule has 118 valence electrons.